The molecule has 1 aromatic carbocycles. The van der Waals surface area contributed by atoms with Crippen LogP contribution in [0.25, 0.3) is 0 Å². The summed E-state index contributed by atoms with van der Waals surface area (Å²) < 4.78 is 23.9. The molecule has 2 rings (SSSR count). The Morgan fingerprint density at radius 1 is 1.13 bits per heavy atom. The highest BCUT2D eigenvalue weighted by Gasteiger charge is 2.16. The number of rotatable bonds is 2. The van der Waals surface area contributed by atoms with E-state index in [1.807, 2.05) is 0 Å². The van der Waals surface area contributed by atoms with Crippen molar-refractivity contribution in [3.8, 4) is 0 Å². The highest BCUT2D eigenvalue weighted by atomic mass is 32.2. The van der Waals surface area contributed by atoms with Crippen molar-refractivity contribution in [2.75, 3.05) is 0 Å². The summed E-state index contributed by atoms with van der Waals surface area (Å²) in [5.74, 6) is 0. The molecule has 0 aliphatic rings. The van der Waals surface area contributed by atoms with Gasteiger partial charge in [-0.1, -0.05) is 12.1 Å². The summed E-state index contributed by atoms with van der Waals surface area (Å²) in [6.07, 6.45) is 2.87. The van der Waals surface area contributed by atoms with Gasteiger partial charge in [-0.15, -0.1) is 0 Å². The van der Waals surface area contributed by atoms with Gasteiger partial charge in [0.15, 0.2) is 0 Å². The number of hydrogen-bond acceptors (Lipinski definition) is 3. The molecule has 1 aromatic heterocycles. The van der Waals surface area contributed by atoms with Crippen molar-refractivity contribution >= 4 is 9.84 Å². The summed E-state index contributed by atoms with van der Waals surface area (Å²) in [5.41, 5.74) is 0. The molecular weight excluding hydrogens is 210 g/mol. The standard InChI is InChI=1S/C11H8NO2S/c13-15(14,10-5-2-1-3-6-10)11-7-4-8-12-9-11/h1-2,4-9H. The van der Waals surface area contributed by atoms with Crippen molar-refractivity contribution in [1.82, 2.24) is 4.98 Å². The summed E-state index contributed by atoms with van der Waals surface area (Å²) in [5, 5.41) is 0. The second-order valence-corrected chi connectivity index (χ2v) is 4.88. The molecule has 3 nitrogen and oxygen atoms in total. The molecule has 0 saturated heterocycles. The van der Waals surface area contributed by atoms with Gasteiger partial charge in [0.25, 0.3) is 0 Å². The Labute approximate surface area is 88.3 Å². The van der Waals surface area contributed by atoms with Crippen LogP contribution < -0.4 is 0 Å². The van der Waals surface area contributed by atoms with Crippen molar-refractivity contribution in [1.29, 1.82) is 0 Å². The van der Waals surface area contributed by atoms with Gasteiger partial charge in [0, 0.05) is 12.4 Å². The lowest BCUT2D eigenvalue weighted by molar-refractivity contribution is 0.595. The van der Waals surface area contributed by atoms with Gasteiger partial charge in [0.1, 0.15) is 0 Å². The zero-order chi connectivity index (χ0) is 10.7. The molecule has 0 aliphatic heterocycles. The molecule has 0 N–H and O–H groups in total. The average Bonchev–Trinajstić information content (AvgIpc) is 2.31. The van der Waals surface area contributed by atoms with E-state index in [1.165, 1.54) is 24.5 Å². The first kappa shape index (κ1) is 9.86. The molecule has 1 radical (unpaired) electrons. The fourth-order valence-corrected chi connectivity index (χ4v) is 2.40. The summed E-state index contributed by atoms with van der Waals surface area (Å²) in [4.78, 5) is 4.22. The van der Waals surface area contributed by atoms with Crippen molar-refractivity contribution in [3.05, 3.63) is 54.9 Å². The van der Waals surface area contributed by atoms with Crippen LogP contribution in [0.5, 0.6) is 0 Å². The lowest BCUT2D eigenvalue weighted by atomic mass is 10.4. The van der Waals surface area contributed by atoms with Gasteiger partial charge in [0.2, 0.25) is 9.84 Å². The van der Waals surface area contributed by atoms with E-state index in [0.717, 1.165) is 0 Å². The van der Waals surface area contributed by atoms with Crippen LogP contribution in [-0.4, -0.2) is 13.4 Å². The normalized spacial score (nSPS) is 11.2. The molecule has 0 unspecified atom stereocenters. The summed E-state index contributed by atoms with van der Waals surface area (Å²) in [6, 6.07) is 12.1. The van der Waals surface area contributed by atoms with E-state index in [-0.39, 0.29) is 9.79 Å². The maximum Gasteiger partial charge on any atom is 0.208 e. The molecule has 0 aliphatic carbocycles. The smallest absolute Gasteiger partial charge is 0.208 e. The van der Waals surface area contributed by atoms with Crippen molar-refractivity contribution in [2.24, 2.45) is 0 Å². The van der Waals surface area contributed by atoms with Gasteiger partial charge in [-0.25, -0.2) is 8.42 Å². The number of nitrogens with zero attached hydrogens (tertiary/aromatic N) is 1. The van der Waals surface area contributed by atoms with Crippen LogP contribution in [0, 0.1) is 6.07 Å². The van der Waals surface area contributed by atoms with E-state index < -0.39 is 9.84 Å². The van der Waals surface area contributed by atoms with Gasteiger partial charge in [0.05, 0.1) is 9.79 Å². The Kier molecular flexibility index (Phi) is 2.51. The summed E-state index contributed by atoms with van der Waals surface area (Å²) >= 11 is 0. The molecule has 2 aromatic rings. The third kappa shape index (κ3) is 1.89. The van der Waals surface area contributed by atoms with Crippen LogP contribution >= 0.6 is 0 Å². The number of hydrogen-bond donors (Lipinski definition) is 0. The minimum absolute atomic E-state index is 0.199. The molecular formula is C11H8NO2S. The van der Waals surface area contributed by atoms with Gasteiger partial charge in [-0.3, -0.25) is 4.98 Å². The van der Waals surface area contributed by atoms with Crippen LogP contribution in [0.3, 0.4) is 0 Å². The fraction of sp³-hybridized carbons (Fsp3) is 0. The largest absolute Gasteiger partial charge is 0.263 e. The Morgan fingerprint density at radius 2 is 1.93 bits per heavy atom. The molecule has 0 amide bonds. The van der Waals surface area contributed by atoms with E-state index in [9.17, 15) is 8.42 Å². The minimum Gasteiger partial charge on any atom is -0.263 e. The first-order chi connectivity index (χ1) is 7.21. The predicted octanol–water partition coefficient (Wildman–Crippen LogP) is 1.71. The first-order valence-electron chi connectivity index (χ1n) is 4.32. The van der Waals surface area contributed by atoms with Gasteiger partial charge in [-0.2, -0.15) is 0 Å². The van der Waals surface area contributed by atoms with Crippen molar-refractivity contribution < 1.29 is 8.42 Å². The molecule has 75 valence electrons. The SMILES string of the molecule is O=S(=O)(c1c[c]ccc1)c1cccnc1. The quantitative estimate of drug-likeness (QED) is 0.771. The zero-order valence-corrected chi connectivity index (χ0v) is 8.61. The Balaban J connectivity index is 2.55. The summed E-state index contributed by atoms with van der Waals surface area (Å²) in [6.45, 7) is 0. The van der Waals surface area contributed by atoms with Gasteiger partial charge >= 0.3 is 0 Å². The van der Waals surface area contributed by atoms with Crippen LogP contribution in [0.4, 0.5) is 0 Å². The Hall–Kier alpha value is -1.68. The third-order valence-electron chi connectivity index (χ3n) is 1.93. The highest BCUT2D eigenvalue weighted by molar-refractivity contribution is 7.91. The van der Waals surface area contributed by atoms with Crippen molar-refractivity contribution in [3.63, 3.8) is 0 Å². The molecule has 0 saturated carbocycles. The lowest BCUT2D eigenvalue weighted by Crippen LogP contribution is -2.01. The number of pyridine rings is 1. The van der Waals surface area contributed by atoms with E-state index in [0.29, 0.717) is 0 Å². The molecule has 15 heavy (non-hydrogen) atoms. The van der Waals surface area contributed by atoms with Crippen LogP contribution in [0.1, 0.15) is 0 Å². The van der Waals surface area contributed by atoms with Gasteiger partial charge in [-0.05, 0) is 30.3 Å². The topological polar surface area (TPSA) is 47.0 Å². The first-order valence-corrected chi connectivity index (χ1v) is 5.81. The molecule has 1 heterocycles. The van der Waals surface area contributed by atoms with Crippen molar-refractivity contribution in [2.45, 2.75) is 9.79 Å². The van der Waals surface area contributed by atoms with E-state index in [2.05, 4.69) is 11.1 Å². The van der Waals surface area contributed by atoms with Gasteiger partial charge < -0.3 is 0 Å². The monoisotopic (exact) mass is 218 g/mol. The van der Waals surface area contributed by atoms with Crippen LogP contribution in [0.2, 0.25) is 0 Å². The maximum atomic E-state index is 12.0. The second-order valence-electron chi connectivity index (χ2n) is 2.93. The van der Waals surface area contributed by atoms with E-state index >= 15 is 0 Å². The minimum atomic E-state index is -3.43. The highest BCUT2D eigenvalue weighted by Crippen LogP contribution is 2.18. The molecule has 0 spiro atoms. The Morgan fingerprint density at radius 3 is 2.53 bits per heavy atom. The van der Waals surface area contributed by atoms with Crippen LogP contribution in [0.15, 0.2) is 58.6 Å². The molecule has 0 bridgehead atoms. The number of sulfone groups is 1. The molecule has 0 fully saturated rings. The fourth-order valence-electron chi connectivity index (χ4n) is 1.19. The maximum absolute atomic E-state index is 12.0. The average molecular weight is 218 g/mol. The predicted molar refractivity (Wildman–Crippen MR) is 55.0 cm³/mol. The van der Waals surface area contributed by atoms with Crippen LogP contribution in [-0.2, 0) is 9.84 Å². The Bertz CT molecular complexity index is 490. The van der Waals surface area contributed by atoms with E-state index in [1.54, 1.807) is 24.3 Å². The number of aromatic nitrogens is 1. The second kappa shape index (κ2) is 3.82. The lowest BCUT2D eigenvalue weighted by Gasteiger charge is -2.02. The molecule has 0 atom stereocenters. The van der Waals surface area contributed by atoms with E-state index in [4.69, 9.17) is 0 Å². The summed E-state index contributed by atoms with van der Waals surface area (Å²) in [7, 11) is -3.43. The third-order valence-corrected chi connectivity index (χ3v) is 3.67. The molecule has 4 heteroatoms. The number of benzene rings is 1. The zero-order valence-electron chi connectivity index (χ0n) is 7.79.